The van der Waals surface area contributed by atoms with Crippen LogP contribution >= 0.6 is 0 Å². The van der Waals surface area contributed by atoms with E-state index in [0.29, 0.717) is 6.54 Å². The molecule has 1 aromatic carbocycles. The van der Waals surface area contributed by atoms with Gasteiger partial charge in [0.15, 0.2) is 5.96 Å². The van der Waals surface area contributed by atoms with Gasteiger partial charge in [-0.05, 0) is 45.3 Å². The van der Waals surface area contributed by atoms with E-state index in [1.165, 1.54) is 18.4 Å². The lowest BCUT2D eigenvalue weighted by Crippen LogP contribution is -2.39. The number of hydrogen-bond acceptors (Lipinski definition) is 4. The standard InChI is InChI=1S/C22H34N6O/c1-3-24-22(25-11-8-13-27-16-12-23-18-27)26-17-20(28-14-6-7-15-28)19-9-4-5-10-21(19)29-2/h4-5,9-10,12,16,18,20H,3,6-8,11,13-15,17H2,1-2H3,(H2,24,25,26). The highest BCUT2D eigenvalue weighted by Gasteiger charge is 2.25. The first-order valence-corrected chi connectivity index (χ1v) is 10.7. The number of imidazole rings is 1. The number of methoxy groups -OCH3 is 1. The van der Waals surface area contributed by atoms with Crippen LogP contribution in [-0.2, 0) is 6.54 Å². The molecule has 0 radical (unpaired) electrons. The van der Waals surface area contributed by atoms with Crippen LogP contribution in [0.2, 0.25) is 0 Å². The number of hydrogen-bond donors (Lipinski definition) is 2. The third kappa shape index (κ3) is 6.22. The first-order chi connectivity index (χ1) is 14.3. The van der Waals surface area contributed by atoms with Crippen molar-refractivity contribution < 1.29 is 4.74 Å². The van der Waals surface area contributed by atoms with Crippen molar-refractivity contribution in [2.45, 2.75) is 38.8 Å². The lowest BCUT2D eigenvalue weighted by atomic mass is 10.0. The fourth-order valence-electron chi connectivity index (χ4n) is 3.81. The largest absolute Gasteiger partial charge is 0.496 e. The second-order valence-corrected chi connectivity index (χ2v) is 7.30. The Morgan fingerprint density at radius 2 is 2.07 bits per heavy atom. The highest BCUT2D eigenvalue weighted by atomic mass is 16.5. The van der Waals surface area contributed by atoms with Gasteiger partial charge in [-0.1, -0.05) is 18.2 Å². The Hall–Kier alpha value is -2.54. The molecule has 1 atom stereocenters. The van der Waals surface area contributed by atoms with Gasteiger partial charge in [0.05, 0.1) is 26.0 Å². The number of nitrogens with one attached hydrogen (secondary N) is 2. The number of benzene rings is 1. The minimum absolute atomic E-state index is 0.232. The minimum atomic E-state index is 0.232. The summed E-state index contributed by atoms with van der Waals surface area (Å²) in [7, 11) is 1.75. The Morgan fingerprint density at radius 3 is 2.79 bits per heavy atom. The van der Waals surface area contributed by atoms with Crippen LogP contribution in [0.3, 0.4) is 0 Å². The molecule has 3 rings (SSSR count). The predicted octanol–water partition coefficient (Wildman–Crippen LogP) is 2.67. The third-order valence-corrected chi connectivity index (χ3v) is 5.29. The van der Waals surface area contributed by atoms with Crippen molar-refractivity contribution >= 4 is 5.96 Å². The first-order valence-electron chi connectivity index (χ1n) is 10.7. The average Bonchev–Trinajstić information content (AvgIpc) is 3.46. The molecule has 1 saturated heterocycles. The van der Waals surface area contributed by atoms with Crippen molar-refractivity contribution in [2.24, 2.45) is 4.99 Å². The molecule has 7 heteroatoms. The number of likely N-dealkylation sites (tertiary alicyclic amines) is 1. The van der Waals surface area contributed by atoms with Gasteiger partial charge in [0.2, 0.25) is 0 Å². The fourth-order valence-corrected chi connectivity index (χ4v) is 3.81. The van der Waals surface area contributed by atoms with Crippen LogP contribution in [0.15, 0.2) is 48.0 Å². The van der Waals surface area contributed by atoms with Crippen LogP contribution in [0.25, 0.3) is 0 Å². The zero-order valence-electron chi connectivity index (χ0n) is 17.7. The zero-order chi connectivity index (χ0) is 20.3. The number of aliphatic imine (C=N–C) groups is 1. The van der Waals surface area contributed by atoms with Gasteiger partial charge in [0.25, 0.3) is 0 Å². The van der Waals surface area contributed by atoms with E-state index in [1.54, 1.807) is 7.11 Å². The lowest BCUT2D eigenvalue weighted by molar-refractivity contribution is 0.245. The molecule has 29 heavy (non-hydrogen) atoms. The average molecular weight is 399 g/mol. The van der Waals surface area contributed by atoms with E-state index in [2.05, 4.69) is 44.1 Å². The van der Waals surface area contributed by atoms with E-state index in [1.807, 2.05) is 30.9 Å². The smallest absolute Gasteiger partial charge is 0.191 e. The molecule has 1 aliphatic rings. The van der Waals surface area contributed by atoms with Gasteiger partial charge in [-0.3, -0.25) is 9.89 Å². The molecule has 0 saturated carbocycles. The second-order valence-electron chi connectivity index (χ2n) is 7.30. The number of para-hydroxylation sites is 1. The Bertz CT molecular complexity index is 740. The molecule has 0 bridgehead atoms. The molecule has 0 amide bonds. The topological polar surface area (TPSA) is 66.7 Å². The van der Waals surface area contributed by atoms with Crippen LogP contribution in [0, 0.1) is 0 Å². The number of aromatic nitrogens is 2. The minimum Gasteiger partial charge on any atom is -0.496 e. The summed E-state index contributed by atoms with van der Waals surface area (Å²) in [6, 6.07) is 8.56. The number of guanidine groups is 1. The van der Waals surface area contributed by atoms with Gasteiger partial charge in [0, 0.05) is 37.6 Å². The van der Waals surface area contributed by atoms with Gasteiger partial charge in [-0.2, -0.15) is 0 Å². The number of aryl methyl sites for hydroxylation is 1. The summed E-state index contributed by atoms with van der Waals surface area (Å²) in [6.07, 6.45) is 9.18. The van der Waals surface area contributed by atoms with Crippen molar-refractivity contribution in [3.05, 3.63) is 48.5 Å². The van der Waals surface area contributed by atoms with E-state index >= 15 is 0 Å². The van der Waals surface area contributed by atoms with Gasteiger partial charge in [-0.15, -0.1) is 0 Å². The van der Waals surface area contributed by atoms with Gasteiger partial charge < -0.3 is 19.9 Å². The quantitative estimate of drug-likeness (QED) is 0.366. The van der Waals surface area contributed by atoms with Crippen molar-refractivity contribution in [1.29, 1.82) is 0 Å². The van der Waals surface area contributed by atoms with Crippen molar-refractivity contribution in [3.63, 3.8) is 0 Å². The number of rotatable bonds is 10. The maximum absolute atomic E-state index is 5.64. The molecule has 7 nitrogen and oxygen atoms in total. The molecule has 1 aromatic heterocycles. The summed E-state index contributed by atoms with van der Waals surface area (Å²) in [5.74, 6) is 1.81. The molecule has 2 aromatic rings. The maximum atomic E-state index is 5.64. The summed E-state index contributed by atoms with van der Waals surface area (Å²) in [5.41, 5.74) is 1.22. The molecular weight excluding hydrogens is 364 g/mol. The Balaban J connectivity index is 1.64. The molecular formula is C22H34N6O. The van der Waals surface area contributed by atoms with Gasteiger partial charge >= 0.3 is 0 Å². The zero-order valence-corrected chi connectivity index (χ0v) is 17.7. The highest BCUT2D eigenvalue weighted by Crippen LogP contribution is 2.31. The summed E-state index contributed by atoms with van der Waals surface area (Å²) >= 11 is 0. The summed E-state index contributed by atoms with van der Waals surface area (Å²) in [5, 5.41) is 6.84. The first kappa shape index (κ1) is 21.2. The van der Waals surface area contributed by atoms with Crippen molar-refractivity contribution in [2.75, 3.05) is 39.8 Å². The molecule has 158 valence electrons. The summed E-state index contributed by atoms with van der Waals surface area (Å²) < 4.78 is 7.74. The van der Waals surface area contributed by atoms with Crippen molar-refractivity contribution in [1.82, 2.24) is 25.1 Å². The molecule has 1 aliphatic heterocycles. The fraction of sp³-hybridized carbons (Fsp3) is 0.545. The van der Waals surface area contributed by atoms with Gasteiger partial charge in [0.1, 0.15) is 5.75 Å². The van der Waals surface area contributed by atoms with Crippen LogP contribution < -0.4 is 15.4 Å². The predicted molar refractivity (Wildman–Crippen MR) is 117 cm³/mol. The van der Waals surface area contributed by atoms with Crippen LogP contribution in [0.1, 0.15) is 37.8 Å². The molecule has 1 fully saturated rings. The summed E-state index contributed by atoms with van der Waals surface area (Å²) in [4.78, 5) is 11.5. The van der Waals surface area contributed by atoms with Crippen LogP contribution in [0.4, 0.5) is 0 Å². The van der Waals surface area contributed by atoms with Crippen LogP contribution in [0.5, 0.6) is 5.75 Å². The van der Waals surface area contributed by atoms with E-state index in [0.717, 1.165) is 50.9 Å². The van der Waals surface area contributed by atoms with E-state index in [4.69, 9.17) is 9.73 Å². The van der Waals surface area contributed by atoms with E-state index in [-0.39, 0.29) is 6.04 Å². The molecule has 0 spiro atoms. The van der Waals surface area contributed by atoms with E-state index in [9.17, 15) is 0 Å². The molecule has 0 aliphatic carbocycles. The second kappa shape index (κ2) is 11.5. The van der Waals surface area contributed by atoms with Crippen molar-refractivity contribution in [3.8, 4) is 5.75 Å². The normalized spacial score (nSPS) is 16.0. The lowest BCUT2D eigenvalue weighted by Gasteiger charge is -2.28. The van der Waals surface area contributed by atoms with E-state index < -0.39 is 0 Å². The maximum Gasteiger partial charge on any atom is 0.191 e. The molecule has 1 unspecified atom stereocenters. The number of nitrogens with zero attached hydrogens (tertiary/aromatic N) is 4. The Morgan fingerprint density at radius 1 is 1.24 bits per heavy atom. The monoisotopic (exact) mass is 398 g/mol. The Labute approximate surface area is 174 Å². The molecule has 2 N–H and O–H groups in total. The number of ether oxygens (including phenoxy) is 1. The molecule has 2 heterocycles. The SMILES string of the molecule is CCNC(=NCC(c1ccccc1OC)N1CCCC1)NCCCn1ccnc1. The highest BCUT2D eigenvalue weighted by molar-refractivity contribution is 5.79. The third-order valence-electron chi connectivity index (χ3n) is 5.29. The van der Waals surface area contributed by atoms with Crippen LogP contribution in [-0.4, -0.2) is 60.2 Å². The van der Waals surface area contributed by atoms with Gasteiger partial charge in [-0.25, -0.2) is 4.98 Å². The summed E-state index contributed by atoms with van der Waals surface area (Å²) in [6.45, 7) is 7.70. The Kier molecular flexibility index (Phi) is 8.37.